The highest BCUT2D eigenvalue weighted by molar-refractivity contribution is 14.1. The van der Waals surface area contributed by atoms with E-state index in [-0.39, 0.29) is 5.56 Å². The van der Waals surface area contributed by atoms with Crippen LogP contribution in [0, 0.1) is 5.82 Å². The molecule has 0 spiro atoms. The molecule has 2 rings (SSSR count). The van der Waals surface area contributed by atoms with Crippen LogP contribution in [0.4, 0.5) is 17.6 Å². The molecule has 0 saturated carbocycles. The summed E-state index contributed by atoms with van der Waals surface area (Å²) in [7, 11) is 0. The van der Waals surface area contributed by atoms with E-state index >= 15 is 0 Å². The smallest absolute Gasteiger partial charge is 0.307 e. The van der Waals surface area contributed by atoms with Crippen LogP contribution in [-0.4, -0.2) is 28.6 Å². The Labute approximate surface area is 133 Å². The second kappa shape index (κ2) is 5.73. The van der Waals surface area contributed by atoms with Crippen molar-refractivity contribution in [3.8, 4) is 0 Å². The average molecular weight is 416 g/mol. The van der Waals surface area contributed by atoms with Gasteiger partial charge in [-0.1, -0.05) is 47.7 Å². The molecule has 1 aromatic rings. The number of rotatable bonds is 3. The van der Waals surface area contributed by atoms with Gasteiger partial charge in [-0.05, 0) is 11.6 Å². The third-order valence-electron chi connectivity index (χ3n) is 3.73. The number of benzene rings is 1. The fourth-order valence-corrected chi connectivity index (χ4v) is 2.95. The molecule has 1 aromatic carbocycles. The number of hydrogen-bond acceptors (Lipinski definition) is 2. The largest absolute Gasteiger partial charge is 0.453 e. The molecule has 1 aliphatic heterocycles. The maximum atomic E-state index is 14.7. The molecule has 0 radical (unpaired) electrons. The van der Waals surface area contributed by atoms with Crippen molar-refractivity contribution in [2.75, 3.05) is 4.43 Å². The quantitative estimate of drug-likeness (QED) is 0.324. The summed E-state index contributed by atoms with van der Waals surface area (Å²) in [6.07, 6.45) is -4.89. The molecule has 0 unspecified atom stereocenters. The first-order valence-corrected chi connectivity index (χ1v) is 7.77. The lowest BCUT2D eigenvalue weighted by Crippen LogP contribution is -2.57. The van der Waals surface area contributed by atoms with E-state index in [9.17, 15) is 22.4 Å². The van der Waals surface area contributed by atoms with Gasteiger partial charge in [0.05, 0.1) is 10.8 Å². The molecule has 1 saturated heterocycles. The van der Waals surface area contributed by atoms with E-state index in [1.165, 1.54) is 47.7 Å². The first kappa shape index (κ1) is 16.5. The molecule has 0 amide bonds. The molecule has 2 nitrogen and oxygen atoms in total. The lowest BCUT2D eigenvalue weighted by Gasteiger charge is -2.43. The molecule has 1 aliphatic rings. The Hall–Kier alpha value is -0.860. The summed E-state index contributed by atoms with van der Waals surface area (Å²) in [6.45, 7) is 1.27. The topological polar surface area (TPSA) is 26.3 Å². The van der Waals surface area contributed by atoms with Gasteiger partial charge in [-0.3, -0.25) is 4.79 Å². The van der Waals surface area contributed by atoms with Gasteiger partial charge in [-0.15, -0.1) is 0 Å². The van der Waals surface area contributed by atoms with Crippen molar-refractivity contribution in [3.05, 3.63) is 35.6 Å². The summed E-state index contributed by atoms with van der Waals surface area (Å²) in [4.78, 5) is 11.6. The Morgan fingerprint density at radius 3 is 2.62 bits per heavy atom. The van der Waals surface area contributed by atoms with Gasteiger partial charge in [-0.2, -0.15) is 0 Å². The summed E-state index contributed by atoms with van der Waals surface area (Å²) >= 11 is 1.40. The molecule has 7 heteroatoms. The van der Waals surface area contributed by atoms with Crippen LogP contribution >= 0.6 is 22.6 Å². The van der Waals surface area contributed by atoms with E-state index in [1.54, 1.807) is 0 Å². The lowest BCUT2D eigenvalue weighted by atomic mass is 9.71. The summed E-state index contributed by atoms with van der Waals surface area (Å²) in [6, 6.07) is 5.30. The molecule has 0 aromatic heterocycles. The molecule has 0 N–H and O–H groups in total. The third-order valence-corrected chi connectivity index (χ3v) is 4.75. The highest BCUT2D eigenvalue weighted by Gasteiger charge is 2.58. The summed E-state index contributed by atoms with van der Waals surface area (Å²) < 4.78 is 60.0. The molecule has 21 heavy (non-hydrogen) atoms. The monoisotopic (exact) mass is 416 g/mol. The third kappa shape index (κ3) is 2.89. The standard InChI is InChI=1S/C14H13F4IO2/c1-13(8-4-2-3-5-9(8)15)6-10(20)21-12(11(13)16)14(17,18)7-19/h2-5,11-12H,6-7H2,1H3/t11-,12-,13+/m0/s1. The van der Waals surface area contributed by atoms with Crippen molar-refractivity contribution in [3.63, 3.8) is 0 Å². The number of cyclic esters (lactones) is 1. The van der Waals surface area contributed by atoms with Crippen LogP contribution in [-0.2, 0) is 14.9 Å². The molecular formula is C14H13F4IO2. The van der Waals surface area contributed by atoms with Crippen molar-refractivity contribution >= 4 is 28.6 Å². The van der Waals surface area contributed by atoms with Crippen LogP contribution in [0.1, 0.15) is 18.9 Å². The summed E-state index contributed by atoms with van der Waals surface area (Å²) in [5.41, 5.74) is -1.77. The highest BCUT2D eigenvalue weighted by Crippen LogP contribution is 2.44. The number of carbonyl (C=O) groups is 1. The van der Waals surface area contributed by atoms with Crippen LogP contribution in [0.2, 0.25) is 0 Å². The van der Waals surface area contributed by atoms with E-state index in [1.807, 2.05) is 0 Å². The maximum absolute atomic E-state index is 14.7. The van der Waals surface area contributed by atoms with Gasteiger partial charge in [-0.25, -0.2) is 17.6 Å². The lowest BCUT2D eigenvalue weighted by molar-refractivity contribution is -0.199. The fraction of sp³-hybridized carbons (Fsp3) is 0.500. The summed E-state index contributed by atoms with van der Waals surface area (Å²) in [5, 5.41) is 0. The van der Waals surface area contributed by atoms with Crippen LogP contribution in [0.5, 0.6) is 0 Å². The minimum absolute atomic E-state index is 0.0941. The van der Waals surface area contributed by atoms with Crippen LogP contribution in [0.3, 0.4) is 0 Å². The number of esters is 1. The molecular weight excluding hydrogens is 403 g/mol. The number of ether oxygens (including phenoxy) is 1. The molecule has 3 atom stereocenters. The second-order valence-corrected chi connectivity index (χ2v) is 6.04. The maximum Gasteiger partial charge on any atom is 0.307 e. The SMILES string of the molecule is C[C@]1(c2ccccc2F)CC(=O)O[C@H](C(F)(F)CI)[C@@H]1F. The van der Waals surface area contributed by atoms with Crippen molar-refractivity contribution in [1.82, 2.24) is 0 Å². The predicted molar refractivity (Wildman–Crippen MR) is 77.0 cm³/mol. The summed E-state index contributed by atoms with van der Waals surface area (Å²) in [5.74, 6) is -5.19. The Kier molecular flexibility index (Phi) is 4.51. The van der Waals surface area contributed by atoms with E-state index in [4.69, 9.17) is 0 Å². The van der Waals surface area contributed by atoms with E-state index in [0.29, 0.717) is 0 Å². The van der Waals surface area contributed by atoms with Crippen LogP contribution in [0.25, 0.3) is 0 Å². The predicted octanol–water partition coefficient (Wildman–Crippen LogP) is 3.81. The van der Waals surface area contributed by atoms with E-state index in [2.05, 4.69) is 4.74 Å². The van der Waals surface area contributed by atoms with Crippen molar-refractivity contribution in [2.24, 2.45) is 0 Å². The Morgan fingerprint density at radius 2 is 2.05 bits per heavy atom. The van der Waals surface area contributed by atoms with E-state index < -0.39 is 46.2 Å². The Morgan fingerprint density at radius 1 is 1.43 bits per heavy atom. The number of alkyl halides is 4. The van der Waals surface area contributed by atoms with Gasteiger partial charge in [0.15, 0.2) is 12.3 Å². The van der Waals surface area contributed by atoms with Gasteiger partial charge in [0.1, 0.15) is 5.82 Å². The highest BCUT2D eigenvalue weighted by atomic mass is 127. The van der Waals surface area contributed by atoms with Crippen molar-refractivity contribution in [2.45, 2.75) is 37.0 Å². The van der Waals surface area contributed by atoms with Crippen LogP contribution in [0.15, 0.2) is 24.3 Å². The zero-order valence-corrected chi connectivity index (χ0v) is 13.2. The van der Waals surface area contributed by atoms with Gasteiger partial charge >= 0.3 is 5.97 Å². The molecule has 1 heterocycles. The molecule has 0 bridgehead atoms. The minimum Gasteiger partial charge on any atom is -0.453 e. The zero-order valence-electron chi connectivity index (χ0n) is 11.1. The zero-order chi connectivity index (χ0) is 15.8. The number of halogens is 5. The first-order chi connectivity index (χ1) is 9.72. The van der Waals surface area contributed by atoms with Crippen LogP contribution < -0.4 is 0 Å². The average Bonchev–Trinajstić information content (AvgIpc) is 2.43. The van der Waals surface area contributed by atoms with Gasteiger partial charge in [0.2, 0.25) is 0 Å². The van der Waals surface area contributed by atoms with Crippen molar-refractivity contribution < 1.29 is 27.1 Å². The Bertz CT molecular complexity index is 552. The number of carbonyl (C=O) groups excluding carboxylic acids is 1. The molecule has 116 valence electrons. The fourth-order valence-electron chi connectivity index (χ4n) is 2.52. The first-order valence-electron chi connectivity index (χ1n) is 6.25. The minimum atomic E-state index is -3.51. The normalized spacial score (nSPS) is 30.1. The molecule has 0 aliphatic carbocycles. The van der Waals surface area contributed by atoms with Crippen molar-refractivity contribution in [1.29, 1.82) is 0 Å². The van der Waals surface area contributed by atoms with Gasteiger partial charge in [0.25, 0.3) is 5.92 Å². The molecule has 1 fully saturated rings. The Balaban J connectivity index is 2.48. The van der Waals surface area contributed by atoms with Gasteiger partial charge in [0, 0.05) is 5.41 Å². The van der Waals surface area contributed by atoms with Gasteiger partial charge < -0.3 is 4.74 Å². The second-order valence-electron chi connectivity index (χ2n) is 5.28. The number of hydrogen-bond donors (Lipinski definition) is 0. The van der Waals surface area contributed by atoms with E-state index in [0.717, 1.165) is 6.07 Å².